The van der Waals surface area contributed by atoms with Crippen LogP contribution in [0, 0.1) is 0 Å². The monoisotopic (exact) mass is 213 g/mol. The van der Waals surface area contributed by atoms with Crippen LogP contribution in [0.4, 0.5) is 0 Å². The summed E-state index contributed by atoms with van der Waals surface area (Å²) in [5, 5.41) is 0. The van der Waals surface area contributed by atoms with E-state index in [9.17, 15) is 14.4 Å². The van der Waals surface area contributed by atoms with Crippen molar-refractivity contribution in [2.75, 3.05) is 6.54 Å². The fraction of sp³-hybridized carbons (Fsp3) is 0.727. The fourth-order valence-corrected chi connectivity index (χ4v) is 1.17. The Morgan fingerprint density at radius 3 is 1.93 bits per heavy atom. The Hall–Kier alpha value is -1.03. The largest absolute Gasteiger partial charge is 0.324 e. The van der Waals surface area contributed by atoms with Crippen molar-refractivity contribution in [1.82, 2.24) is 0 Å². The highest BCUT2D eigenvalue weighted by molar-refractivity contribution is 5.87. The molecule has 0 radical (unpaired) electrons. The molecule has 0 rings (SSSR count). The molecular formula is C11H19NO3. The highest BCUT2D eigenvalue weighted by Gasteiger charge is 2.06. The minimum Gasteiger partial charge on any atom is -0.324 e. The molecule has 15 heavy (non-hydrogen) atoms. The molecule has 4 heteroatoms. The molecule has 0 saturated carbocycles. The molecule has 0 aromatic rings. The summed E-state index contributed by atoms with van der Waals surface area (Å²) in [4.78, 5) is 33.0. The second-order valence-corrected chi connectivity index (χ2v) is 3.53. The Bertz CT molecular complexity index is 236. The highest BCUT2D eigenvalue weighted by Crippen LogP contribution is 2.03. The third kappa shape index (κ3) is 8.00. The van der Waals surface area contributed by atoms with Gasteiger partial charge < -0.3 is 5.73 Å². The lowest BCUT2D eigenvalue weighted by atomic mass is 10.1. The van der Waals surface area contributed by atoms with Gasteiger partial charge in [0.25, 0.3) is 0 Å². The van der Waals surface area contributed by atoms with E-state index in [0.717, 1.165) is 0 Å². The molecule has 0 aliphatic carbocycles. The molecule has 0 saturated heterocycles. The normalized spacial score (nSPS) is 10.0. The maximum atomic E-state index is 11.2. The lowest BCUT2D eigenvalue weighted by Gasteiger charge is -1.99. The van der Waals surface area contributed by atoms with E-state index in [1.54, 1.807) is 0 Å². The Kier molecular flexibility index (Phi) is 7.72. The van der Waals surface area contributed by atoms with E-state index < -0.39 is 0 Å². The Balaban J connectivity index is 3.49. The van der Waals surface area contributed by atoms with Gasteiger partial charge in [0.2, 0.25) is 0 Å². The van der Waals surface area contributed by atoms with Crippen molar-refractivity contribution < 1.29 is 14.4 Å². The van der Waals surface area contributed by atoms with Gasteiger partial charge in [-0.3, -0.25) is 14.4 Å². The van der Waals surface area contributed by atoms with Crippen LogP contribution in [0.15, 0.2) is 0 Å². The third-order valence-corrected chi connectivity index (χ3v) is 2.22. The van der Waals surface area contributed by atoms with Gasteiger partial charge in [-0.25, -0.2) is 0 Å². The molecular weight excluding hydrogens is 194 g/mol. The van der Waals surface area contributed by atoms with E-state index in [2.05, 4.69) is 0 Å². The van der Waals surface area contributed by atoms with E-state index in [4.69, 9.17) is 5.73 Å². The van der Waals surface area contributed by atoms with Gasteiger partial charge in [-0.05, 0) is 6.42 Å². The van der Waals surface area contributed by atoms with Crippen molar-refractivity contribution in [3.8, 4) is 0 Å². The number of carbonyl (C=O) groups is 3. The first-order chi connectivity index (χ1) is 7.10. The molecule has 4 nitrogen and oxygen atoms in total. The Morgan fingerprint density at radius 1 is 0.867 bits per heavy atom. The number of hydrogen-bond acceptors (Lipinski definition) is 4. The number of rotatable bonds is 9. The third-order valence-electron chi connectivity index (χ3n) is 2.22. The SMILES string of the molecule is CCC(=O)CCCC(=O)CCC(=O)CN. The molecule has 0 bridgehead atoms. The van der Waals surface area contributed by atoms with Crippen LogP contribution >= 0.6 is 0 Å². The molecule has 0 fully saturated rings. The Labute approximate surface area is 90.2 Å². The van der Waals surface area contributed by atoms with Crippen LogP contribution in [-0.2, 0) is 14.4 Å². The van der Waals surface area contributed by atoms with Gasteiger partial charge >= 0.3 is 0 Å². The van der Waals surface area contributed by atoms with Crippen molar-refractivity contribution in [2.45, 2.75) is 45.4 Å². The number of ketones is 3. The van der Waals surface area contributed by atoms with E-state index in [0.29, 0.717) is 25.7 Å². The van der Waals surface area contributed by atoms with Crippen LogP contribution < -0.4 is 5.73 Å². The summed E-state index contributed by atoms with van der Waals surface area (Å²) in [6, 6.07) is 0. The topological polar surface area (TPSA) is 77.2 Å². The van der Waals surface area contributed by atoms with Gasteiger partial charge in [0.05, 0.1) is 6.54 Å². The van der Waals surface area contributed by atoms with E-state index >= 15 is 0 Å². The van der Waals surface area contributed by atoms with Crippen LogP contribution in [0.5, 0.6) is 0 Å². The molecule has 0 aromatic heterocycles. The zero-order valence-electron chi connectivity index (χ0n) is 9.25. The molecule has 0 atom stereocenters. The number of nitrogens with two attached hydrogens (primary N) is 1. The lowest BCUT2D eigenvalue weighted by Crippen LogP contribution is -2.14. The van der Waals surface area contributed by atoms with Crippen LogP contribution in [-0.4, -0.2) is 23.9 Å². The van der Waals surface area contributed by atoms with Crippen LogP contribution in [0.3, 0.4) is 0 Å². The van der Waals surface area contributed by atoms with E-state index in [-0.39, 0.29) is 36.7 Å². The van der Waals surface area contributed by atoms with Gasteiger partial charge in [0.15, 0.2) is 0 Å². The van der Waals surface area contributed by atoms with E-state index in [1.165, 1.54) is 0 Å². The van der Waals surface area contributed by atoms with Crippen molar-refractivity contribution in [3.05, 3.63) is 0 Å². The second kappa shape index (κ2) is 8.29. The van der Waals surface area contributed by atoms with Gasteiger partial charge in [0, 0.05) is 32.1 Å². The summed E-state index contributed by atoms with van der Waals surface area (Å²) in [5.41, 5.74) is 5.11. The standard InChI is InChI=1S/C11H19NO3/c1-2-9(13)4-3-5-10(14)6-7-11(15)8-12/h2-8,12H2,1H3. The van der Waals surface area contributed by atoms with Gasteiger partial charge in [-0.15, -0.1) is 0 Å². The molecule has 0 unspecified atom stereocenters. The lowest BCUT2D eigenvalue weighted by molar-refractivity contribution is -0.124. The fourth-order valence-electron chi connectivity index (χ4n) is 1.17. The molecule has 0 aliphatic heterocycles. The maximum Gasteiger partial charge on any atom is 0.146 e. The molecule has 0 aliphatic rings. The first-order valence-corrected chi connectivity index (χ1v) is 5.35. The summed E-state index contributed by atoms with van der Waals surface area (Å²) in [7, 11) is 0. The molecule has 86 valence electrons. The van der Waals surface area contributed by atoms with Crippen LogP contribution in [0.2, 0.25) is 0 Å². The summed E-state index contributed by atoms with van der Waals surface area (Å²) < 4.78 is 0. The zero-order valence-corrected chi connectivity index (χ0v) is 9.25. The number of carbonyl (C=O) groups excluding carboxylic acids is 3. The van der Waals surface area contributed by atoms with Gasteiger partial charge in [-0.2, -0.15) is 0 Å². The van der Waals surface area contributed by atoms with Crippen LogP contribution in [0.1, 0.15) is 45.4 Å². The highest BCUT2D eigenvalue weighted by atomic mass is 16.1. The first-order valence-electron chi connectivity index (χ1n) is 5.35. The van der Waals surface area contributed by atoms with Crippen molar-refractivity contribution >= 4 is 17.3 Å². The Morgan fingerprint density at radius 2 is 1.40 bits per heavy atom. The van der Waals surface area contributed by atoms with Crippen molar-refractivity contribution in [1.29, 1.82) is 0 Å². The van der Waals surface area contributed by atoms with Crippen molar-refractivity contribution in [3.63, 3.8) is 0 Å². The van der Waals surface area contributed by atoms with Crippen LogP contribution in [0.25, 0.3) is 0 Å². The summed E-state index contributed by atoms with van der Waals surface area (Å²) >= 11 is 0. The smallest absolute Gasteiger partial charge is 0.146 e. The minimum atomic E-state index is -0.0898. The zero-order chi connectivity index (χ0) is 11.7. The number of Topliss-reactive ketones (excluding diaryl/α,β-unsaturated/α-hetero) is 3. The van der Waals surface area contributed by atoms with Gasteiger partial charge in [-0.1, -0.05) is 6.92 Å². The van der Waals surface area contributed by atoms with E-state index in [1.807, 2.05) is 6.92 Å². The molecule has 0 amide bonds. The molecule has 0 heterocycles. The summed E-state index contributed by atoms with van der Waals surface area (Å²) in [6.45, 7) is 1.81. The average molecular weight is 213 g/mol. The summed E-state index contributed by atoms with van der Waals surface area (Å²) in [6.07, 6.45) is 2.48. The van der Waals surface area contributed by atoms with Crippen molar-refractivity contribution in [2.24, 2.45) is 5.73 Å². The second-order valence-electron chi connectivity index (χ2n) is 3.53. The predicted octanol–water partition coefficient (Wildman–Crippen LogP) is 1.01. The van der Waals surface area contributed by atoms with Gasteiger partial charge in [0.1, 0.15) is 17.3 Å². The first kappa shape index (κ1) is 14.0. The quantitative estimate of drug-likeness (QED) is 0.620. The average Bonchev–Trinajstić information content (AvgIpc) is 2.25. The molecule has 0 spiro atoms. The number of hydrogen-bond donors (Lipinski definition) is 1. The minimum absolute atomic E-state index is 0.00159. The maximum absolute atomic E-state index is 11.2. The molecule has 2 N–H and O–H groups in total. The predicted molar refractivity (Wildman–Crippen MR) is 57.5 cm³/mol. The molecule has 0 aromatic carbocycles. The summed E-state index contributed by atoms with van der Waals surface area (Å²) in [5.74, 6) is 0.134.